The van der Waals surface area contributed by atoms with Gasteiger partial charge in [0.15, 0.2) is 5.06 Å². The van der Waals surface area contributed by atoms with Gasteiger partial charge in [-0.3, -0.25) is 4.99 Å². The molecular weight excluding hydrogens is 206 g/mol. The van der Waals surface area contributed by atoms with E-state index in [1.165, 1.54) is 10.4 Å². The van der Waals surface area contributed by atoms with Crippen molar-refractivity contribution in [2.24, 2.45) is 4.99 Å². The van der Waals surface area contributed by atoms with Crippen molar-refractivity contribution in [3.8, 4) is 5.06 Å². The Morgan fingerprint density at radius 3 is 3.00 bits per heavy atom. The van der Waals surface area contributed by atoms with Gasteiger partial charge in [-0.25, -0.2) is 0 Å². The highest BCUT2D eigenvalue weighted by Crippen LogP contribution is 2.36. The Bertz CT molecular complexity index is 370. The van der Waals surface area contributed by atoms with E-state index in [-0.39, 0.29) is 0 Å². The molecule has 0 N–H and O–H groups in total. The van der Waals surface area contributed by atoms with E-state index in [0.29, 0.717) is 18.3 Å². The molecular formula is C9H10ClNOS. The molecule has 0 spiro atoms. The van der Waals surface area contributed by atoms with Crippen LogP contribution in [-0.2, 0) is 0 Å². The molecule has 0 bridgehead atoms. The maximum absolute atomic E-state index is 6.05. The Morgan fingerprint density at radius 2 is 2.23 bits per heavy atom. The van der Waals surface area contributed by atoms with Gasteiger partial charge >= 0.3 is 0 Å². The summed E-state index contributed by atoms with van der Waals surface area (Å²) >= 11 is 7.69. The van der Waals surface area contributed by atoms with Gasteiger partial charge in [-0.15, -0.1) is 11.3 Å². The highest BCUT2D eigenvalue weighted by molar-refractivity contribution is 7.14. The van der Waals surface area contributed by atoms with E-state index >= 15 is 0 Å². The fraction of sp³-hybridized carbons (Fsp3) is 0.444. The van der Waals surface area contributed by atoms with Crippen LogP contribution in [0.2, 0.25) is 0 Å². The number of thiophene rings is 1. The summed E-state index contributed by atoms with van der Waals surface area (Å²) in [6.45, 7) is 5.40. The molecule has 0 aromatic carbocycles. The van der Waals surface area contributed by atoms with Crippen LogP contribution in [0.3, 0.4) is 0 Å². The van der Waals surface area contributed by atoms with Crippen molar-refractivity contribution >= 4 is 28.1 Å². The van der Waals surface area contributed by atoms with Crippen molar-refractivity contribution in [2.75, 3.05) is 13.2 Å². The summed E-state index contributed by atoms with van der Waals surface area (Å²) in [5, 5.41) is 1.51. The van der Waals surface area contributed by atoms with Crippen LogP contribution >= 0.6 is 22.9 Å². The van der Waals surface area contributed by atoms with Crippen molar-refractivity contribution in [3.05, 3.63) is 16.0 Å². The topological polar surface area (TPSA) is 21.6 Å². The second kappa shape index (κ2) is 3.31. The van der Waals surface area contributed by atoms with Gasteiger partial charge in [-0.1, -0.05) is 11.6 Å². The molecule has 2 nitrogen and oxygen atoms in total. The first-order chi connectivity index (χ1) is 6.20. The summed E-state index contributed by atoms with van der Waals surface area (Å²) in [5.41, 5.74) is 2.18. The minimum absolute atomic E-state index is 0.592. The second-order valence-electron chi connectivity index (χ2n) is 2.97. The van der Waals surface area contributed by atoms with Gasteiger partial charge < -0.3 is 4.74 Å². The first-order valence-corrected chi connectivity index (χ1v) is 5.32. The highest BCUT2D eigenvalue weighted by Gasteiger charge is 2.19. The fourth-order valence-electron chi connectivity index (χ4n) is 1.30. The number of halogens is 1. The first-order valence-electron chi connectivity index (χ1n) is 4.13. The molecule has 1 aliphatic heterocycles. The van der Waals surface area contributed by atoms with E-state index < -0.39 is 0 Å². The number of rotatable bonds is 0. The molecule has 2 rings (SSSR count). The van der Waals surface area contributed by atoms with Gasteiger partial charge in [0.05, 0.1) is 12.1 Å². The van der Waals surface area contributed by atoms with Crippen molar-refractivity contribution < 1.29 is 4.74 Å². The zero-order chi connectivity index (χ0) is 9.42. The zero-order valence-corrected chi connectivity index (χ0v) is 9.13. The minimum Gasteiger partial charge on any atom is -0.481 e. The van der Waals surface area contributed by atoms with Gasteiger partial charge in [0, 0.05) is 4.88 Å². The lowest BCUT2D eigenvalue weighted by atomic mass is 10.2. The van der Waals surface area contributed by atoms with Gasteiger partial charge in [-0.2, -0.15) is 0 Å². The zero-order valence-electron chi connectivity index (χ0n) is 7.56. The third kappa shape index (κ3) is 1.46. The molecule has 2 heterocycles. The first kappa shape index (κ1) is 9.03. The van der Waals surface area contributed by atoms with Crippen LogP contribution in [0.5, 0.6) is 5.06 Å². The van der Waals surface area contributed by atoms with Crippen LogP contribution in [0.4, 0.5) is 0 Å². The maximum Gasteiger partial charge on any atom is 0.184 e. The molecule has 0 saturated heterocycles. The van der Waals surface area contributed by atoms with Gasteiger partial charge in [0.1, 0.15) is 11.8 Å². The predicted octanol–water partition coefficient (Wildman–Crippen LogP) is 2.74. The molecule has 0 saturated carbocycles. The SMILES string of the molecule is Cc1sc2c(c1C)C(Cl)=NCCO2. The molecule has 1 aromatic heterocycles. The molecule has 0 amide bonds. The lowest BCUT2D eigenvalue weighted by Gasteiger charge is -1.99. The standard InChI is InChI=1S/C9H10ClNOS/c1-5-6(2)13-9-7(5)8(10)11-3-4-12-9/h3-4H2,1-2H3. The van der Waals surface area contributed by atoms with Crippen LogP contribution in [-0.4, -0.2) is 18.3 Å². The normalized spacial score (nSPS) is 15.8. The molecule has 0 unspecified atom stereocenters. The summed E-state index contributed by atoms with van der Waals surface area (Å²) in [5.74, 6) is 0. The number of hydrogen-bond acceptors (Lipinski definition) is 3. The average molecular weight is 216 g/mol. The van der Waals surface area contributed by atoms with Crippen LogP contribution in [0.25, 0.3) is 0 Å². The van der Waals surface area contributed by atoms with Crippen molar-refractivity contribution in [3.63, 3.8) is 0 Å². The maximum atomic E-state index is 6.05. The number of fused-ring (bicyclic) bond motifs is 1. The molecule has 13 heavy (non-hydrogen) atoms. The number of nitrogens with zero attached hydrogens (tertiary/aromatic N) is 1. The summed E-state index contributed by atoms with van der Waals surface area (Å²) < 4.78 is 5.54. The van der Waals surface area contributed by atoms with Gasteiger partial charge in [-0.05, 0) is 19.4 Å². The van der Waals surface area contributed by atoms with Crippen molar-refractivity contribution in [1.29, 1.82) is 0 Å². The van der Waals surface area contributed by atoms with E-state index in [4.69, 9.17) is 16.3 Å². The number of hydrogen-bond donors (Lipinski definition) is 0. The molecule has 1 aromatic rings. The predicted molar refractivity (Wildman–Crippen MR) is 56.5 cm³/mol. The molecule has 70 valence electrons. The summed E-state index contributed by atoms with van der Waals surface area (Å²) in [6.07, 6.45) is 0. The van der Waals surface area contributed by atoms with Gasteiger partial charge in [0.25, 0.3) is 0 Å². The molecule has 0 atom stereocenters. The molecule has 4 heteroatoms. The average Bonchev–Trinajstić information content (AvgIpc) is 2.29. The second-order valence-corrected chi connectivity index (χ2v) is 4.51. The molecule has 1 aliphatic rings. The van der Waals surface area contributed by atoms with Crippen molar-refractivity contribution in [2.45, 2.75) is 13.8 Å². The molecule has 0 aliphatic carbocycles. The van der Waals surface area contributed by atoms with Crippen LogP contribution < -0.4 is 4.74 Å². The number of aryl methyl sites for hydroxylation is 1. The summed E-state index contributed by atoms with van der Waals surface area (Å²) in [7, 11) is 0. The molecule has 0 radical (unpaired) electrons. The van der Waals surface area contributed by atoms with E-state index in [1.54, 1.807) is 11.3 Å². The van der Waals surface area contributed by atoms with E-state index in [1.807, 2.05) is 0 Å². The van der Waals surface area contributed by atoms with Crippen LogP contribution in [0, 0.1) is 13.8 Å². The lowest BCUT2D eigenvalue weighted by molar-refractivity contribution is 0.341. The van der Waals surface area contributed by atoms with Gasteiger partial charge in [0.2, 0.25) is 0 Å². The number of aliphatic imine (C=N–C) groups is 1. The third-order valence-electron chi connectivity index (χ3n) is 2.13. The Morgan fingerprint density at radius 1 is 1.46 bits per heavy atom. The Labute approximate surface area is 86.2 Å². The summed E-state index contributed by atoms with van der Waals surface area (Å²) in [4.78, 5) is 5.45. The smallest absolute Gasteiger partial charge is 0.184 e. The quantitative estimate of drug-likeness (QED) is 0.652. The minimum atomic E-state index is 0.592. The lowest BCUT2D eigenvalue weighted by Crippen LogP contribution is -1.97. The Balaban J connectivity index is 2.60. The summed E-state index contributed by atoms with van der Waals surface area (Å²) in [6, 6.07) is 0. The molecule has 0 fully saturated rings. The van der Waals surface area contributed by atoms with E-state index in [2.05, 4.69) is 18.8 Å². The van der Waals surface area contributed by atoms with Crippen LogP contribution in [0.1, 0.15) is 16.0 Å². The Kier molecular flexibility index (Phi) is 2.30. The number of ether oxygens (including phenoxy) is 1. The van der Waals surface area contributed by atoms with E-state index in [0.717, 1.165) is 10.6 Å². The highest BCUT2D eigenvalue weighted by atomic mass is 35.5. The monoisotopic (exact) mass is 215 g/mol. The van der Waals surface area contributed by atoms with E-state index in [9.17, 15) is 0 Å². The Hall–Kier alpha value is -0.540. The van der Waals surface area contributed by atoms with Crippen molar-refractivity contribution in [1.82, 2.24) is 0 Å². The third-order valence-corrected chi connectivity index (χ3v) is 3.56. The fourth-order valence-corrected chi connectivity index (χ4v) is 2.69. The largest absolute Gasteiger partial charge is 0.481 e. The van der Waals surface area contributed by atoms with Crippen LogP contribution in [0.15, 0.2) is 4.99 Å².